The van der Waals surface area contributed by atoms with Crippen LogP contribution in [-0.4, -0.2) is 70.3 Å². The zero-order valence-corrected chi connectivity index (χ0v) is 13.4. The minimum atomic E-state index is -0.936. The van der Waals surface area contributed by atoms with Gasteiger partial charge in [-0.3, -0.25) is 4.90 Å². The van der Waals surface area contributed by atoms with Gasteiger partial charge in [0, 0.05) is 24.9 Å². The summed E-state index contributed by atoms with van der Waals surface area (Å²) >= 11 is 1.49. The van der Waals surface area contributed by atoms with Gasteiger partial charge in [0.2, 0.25) is 0 Å². The second-order valence-electron chi connectivity index (χ2n) is 5.16. The van der Waals surface area contributed by atoms with Crippen LogP contribution in [0, 0.1) is 0 Å². The monoisotopic (exact) mass is 303 g/mol. The topological polar surface area (TPSA) is 72.9 Å². The Morgan fingerprint density at radius 1 is 1.55 bits per heavy atom. The van der Waals surface area contributed by atoms with Crippen molar-refractivity contribution in [2.24, 2.45) is 0 Å². The molecule has 3 atom stereocenters. The van der Waals surface area contributed by atoms with Crippen molar-refractivity contribution in [1.82, 2.24) is 15.1 Å². The SMILES string of the molecule is CCC(C)N(C)CCNC(=O)N1C(C)SCC1C(=O)O. The van der Waals surface area contributed by atoms with Crippen molar-refractivity contribution in [3.05, 3.63) is 0 Å². The molecule has 1 heterocycles. The van der Waals surface area contributed by atoms with Crippen molar-refractivity contribution in [3.63, 3.8) is 0 Å². The van der Waals surface area contributed by atoms with E-state index in [-0.39, 0.29) is 11.4 Å². The molecule has 3 unspecified atom stereocenters. The van der Waals surface area contributed by atoms with Gasteiger partial charge in [-0.05, 0) is 27.3 Å². The highest BCUT2D eigenvalue weighted by atomic mass is 32.2. The number of urea groups is 1. The number of thioether (sulfide) groups is 1. The summed E-state index contributed by atoms with van der Waals surface area (Å²) in [5, 5.41) is 11.8. The number of amides is 2. The third kappa shape index (κ3) is 4.28. The Labute approximate surface area is 124 Å². The molecule has 0 bridgehead atoms. The number of rotatable bonds is 6. The Balaban J connectivity index is 2.44. The molecule has 116 valence electrons. The molecule has 1 aliphatic rings. The van der Waals surface area contributed by atoms with Gasteiger partial charge in [-0.2, -0.15) is 0 Å². The zero-order chi connectivity index (χ0) is 15.3. The molecule has 2 amide bonds. The van der Waals surface area contributed by atoms with E-state index in [1.807, 2.05) is 14.0 Å². The van der Waals surface area contributed by atoms with Crippen LogP contribution in [-0.2, 0) is 4.79 Å². The maximum Gasteiger partial charge on any atom is 0.327 e. The summed E-state index contributed by atoms with van der Waals surface area (Å²) in [6.45, 7) is 7.41. The lowest BCUT2D eigenvalue weighted by Crippen LogP contribution is -2.50. The Morgan fingerprint density at radius 2 is 2.20 bits per heavy atom. The van der Waals surface area contributed by atoms with Gasteiger partial charge < -0.3 is 15.3 Å². The molecule has 0 aromatic rings. The molecular weight excluding hydrogens is 278 g/mol. The van der Waals surface area contributed by atoms with Crippen molar-refractivity contribution in [3.8, 4) is 0 Å². The van der Waals surface area contributed by atoms with Crippen molar-refractivity contribution >= 4 is 23.8 Å². The van der Waals surface area contributed by atoms with E-state index in [4.69, 9.17) is 5.11 Å². The smallest absolute Gasteiger partial charge is 0.327 e. The molecule has 20 heavy (non-hydrogen) atoms. The van der Waals surface area contributed by atoms with Gasteiger partial charge in [-0.15, -0.1) is 11.8 Å². The van der Waals surface area contributed by atoms with E-state index in [0.717, 1.165) is 13.0 Å². The number of hydrogen-bond donors (Lipinski definition) is 2. The molecule has 0 aromatic carbocycles. The summed E-state index contributed by atoms with van der Waals surface area (Å²) in [4.78, 5) is 26.8. The van der Waals surface area contributed by atoms with Crippen LogP contribution in [0.25, 0.3) is 0 Å². The van der Waals surface area contributed by atoms with Crippen LogP contribution in [0.5, 0.6) is 0 Å². The van der Waals surface area contributed by atoms with Gasteiger partial charge in [-0.25, -0.2) is 9.59 Å². The number of carboxylic acid groups (broad SMARTS) is 1. The second-order valence-corrected chi connectivity index (χ2v) is 6.51. The standard InChI is InChI=1S/C13H25N3O3S/c1-5-9(2)15(4)7-6-14-13(19)16-10(3)20-8-11(16)12(17)18/h9-11H,5-8H2,1-4H3,(H,14,19)(H,17,18). The number of likely N-dealkylation sites (N-methyl/N-ethyl adjacent to an activating group) is 1. The van der Waals surface area contributed by atoms with E-state index in [2.05, 4.69) is 24.1 Å². The molecule has 6 nitrogen and oxygen atoms in total. The summed E-state index contributed by atoms with van der Waals surface area (Å²) in [6, 6.07) is -0.533. The van der Waals surface area contributed by atoms with Gasteiger partial charge >= 0.3 is 12.0 Å². The quantitative estimate of drug-likeness (QED) is 0.773. The zero-order valence-electron chi connectivity index (χ0n) is 12.6. The fraction of sp³-hybridized carbons (Fsp3) is 0.846. The van der Waals surface area contributed by atoms with Crippen LogP contribution in [0.1, 0.15) is 27.2 Å². The molecule has 0 saturated carbocycles. The summed E-state index contributed by atoms with van der Waals surface area (Å²) in [5.41, 5.74) is 0. The maximum absolute atomic E-state index is 12.1. The third-order valence-corrected chi connectivity index (χ3v) is 5.04. The molecule has 7 heteroatoms. The van der Waals surface area contributed by atoms with Crippen molar-refractivity contribution in [2.75, 3.05) is 25.9 Å². The Bertz CT molecular complexity index is 354. The molecule has 0 radical (unpaired) electrons. The van der Waals surface area contributed by atoms with E-state index < -0.39 is 12.0 Å². The minimum Gasteiger partial charge on any atom is -0.480 e. The van der Waals surface area contributed by atoms with Crippen molar-refractivity contribution in [2.45, 2.75) is 44.6 Å². The number of nitrogens with one attached hydrogen (secondary N) is 1. The summed E-state index contributed by atoms with van der Waals surface area (Å²) in [5.74, 6) is -0.481. The lowest BCUT2D eigenvalue weighted by molar-refractivity contribution is -0.141. The van der Waals surface area contributed by atoms with Crippen LogP contribution in [0.4, 0.5) is 4.79 Å². The van der Waals surface area contributed by atoms with E-state index in [1.165, 1.54) is 16.7 Å². The molecule has 0 aromatic heterocycles. The fourth-order valence-corrected chi connectivity index (χ4v) is 3.27. The molecule has 1 fully saturated rings. The highest BCUT2D eigenvalue weighted by Gasteiger charge is 2.39. The number of carbonyl (C=O) groups excluding carboxylic acids is 1. The first kappa shape index (κ1) is 17.1. The summed E-state index contributed by atoms with van der Waals surface area (Å²) < 4.78 is 0. The number of carboxylic acids is 1. The first-order chi connectivity index (χ1) is 9.38. The van der Waals surface area contributed by atoms with Crippen LogP contribution in [0.2, 0.25) is 0 Å². The molecule has 1 saturated heterocycles. The number of aliphatic carboxylic acids is 1. The summed E-state index contributed by atoms with van der Waals surface area (Å²) in [6.07, 6.45) is 1.06. The van der Waals surface area contributed by atoms with Crippen molar-refractivity contribution in [1.29, 1.82) is 0 Å². The molecular formula is C13H25N3O3S. The average molecular weight is 303 g/mol. The van der Waals surface area contributed by atoms with Crippen molar-refractivity contribution < 1.29 is 14.7 Å². The van der Waals surface area contributed by atoms with Crippen LogP contribution < -0.4 is 5.32 Å². The Morgan fingerprint density at radius 3 is 2.75 bits per heavy atom. The first-order valence-electron chi connectivity index (χ1n) is 6.99. The largest absolute Gasteiger partial charge is 0.480 e. The van der Waals surface area contributed by atoms with Crippen LogP contribution in [0.3, 0.4) is 0 Å². The Kier molecular flexibility index (Phi) is 6.61. The van der Waals surface area contributed by atoms with E-state index in [9.17, 15) is 9.59 Å². The van der Waals surface area contributed by atoms with Gasteiger partial charge in [-0.1, -0.05) is 6.92 Å². The van der Waals surface area contributed by atoms with E-state index in [0.29, 0.717) is 18.3 Å². The van der Waals surface area contributed by atoms with Gasteiger partial charge in [0.1, 0.15) is 6.04 Å². The van der Waals surface area contributed by atoms with Gasteiger partial charge in [0.25, 0.3) is 0 Å². The first-order valence-corrected chi connectivity index (χ1v) is 8.04. The highest BCUT2D eigenvalue weighted by molar-refractivity contribution is 8.00. The molecule has 1 rings (SSSR count). The average Bonchev–Trinajstić information content (AvgIpc) is 2.79. The molecule has 2 N–H and O–H groups in total. The fourth-order valence-electron chi connectivity index (χ4n) is 2.10. The highest BCUT2D eigenvalue weighted by Crippen LogP contribution is 2.28. The molecule has 0 spiro atoms. The molecule has 0 aliphatic carbocycles. The molecule has 1 aliphatic heterocycles. The lowest BCUT2D eigenvalue weighted by Gasteiger charge is -2.27. The predicted molar refractivity (Wildman–Crippen MR) is 81.0 cm³/mol. The van der Waals surface area contributed by atoms with Crippen LogP contribution >= 0.6 is 11.8 Å². The lowest BCUT2D eigenvalue weighted by atomic mass is 10.2. The van der Waals surface area contributed by atoms with E-state index >= 15 is 0 Å². The van der Waals surface area contributed by atoms with Gasteiger partial charge in [0.05, 0.1) is 5.37 Å². The van der Waals surface area contributed by atoms with E-state index in [1.54, 1.807) is 0 Å². The second kappa shape index (κ2) is 7.73. The third-order valence-electron chi connectivity index (χ3n) is 3.83. The number of hydrogen-bond acceptors (Lipinski definition) is 4. The van der Waals surface area contributed by atoms with Gasteiger partial charge in [0.15, 0.2) is 0 Å². The summed E-state index contributed by atoms with van der Waals surface area (Å²) in [7, 11) is 2.02. The van der Waals surface area contributed by atoms with Crippen LogP contribution in [0.15, 0.2) is 0 Å². The number of nitrogens with zero attached hydrogens (tertiary/aromatic N) is 2. The Hall–Kier alpha value is -0.950. The minimum absolute atomic E-state index is 0.0941. The predicted octanol–water partition coefficient (Wildman–Crippen LogP) is 1.27. The normalized spacial score (nSPS) is 23.9. The maximum atomic E-state index is 12.1. The number of carbonyl (C=O) groups is 2.